The monoisotopic (exact) mass is 459 g/mol. The first-order valence-electron chi connectivity index (χ1n) is 8.41. The summed E-state index contributed by atoms with van der Waals surface area (Å²) in [5.74, 6) is -0.0428. The predicted octanol–water partition coefficient (Wildman–Crippen LogP) is 3.17. The van der Waals surface area contributed by atoms with Crippen molar-refractivity contribution in [1.82, 2.24) is 9.80 Å². The number of nitrogens with zero attached hydrogens (tertiary/aromatic N) is 2. The molecule has 1 N–H and O–H groups in total. The third-order valence-electron chi connectivity index (χ3n) is 3.89. The van der Waals surface area contributed by atoms with Crippen LogP contribution in [0.3, 0.4) is 0 Å². The van der Waals surface area contributed by atoms with E-state index in [0.29, 0.717) is 26.2 Å². The average Bonchev–Trinajstić information content (AvgIpc) is 2.50. The highest BCUT2D eigenvalue weighted by molar-refractivity contribution is 14.1. The zero-order valence-electron chi connectivity index (χ0n) is 15.2. The Morgan fingerprint density at radius 3 is 2.44 bits per heavy atom. The van der Waals surface area contributed by atoms with E-state index >= 15 is 0 Å². The normalized spacial score (nSPS) is 18.8. The molecule has 0 radical (unpaired) electrons. The molecule has 1 saturated heterocycles. The molecule has 0 saturated carbocycles. The number of hydrogen-bond donors (Lipinski definition) is 1. The van der Waals surface area contributed by atoms with Crippen molar-refractivity contribution in [3.63, 3.8) is 0 Å². The molecule has 1 aliphatic rings. The summed E-state index contributed by atoms with van der Waals surface area (Å²) < 4.78 is 6.55. The summed E-state index contributed by atoms with van der Waals surface area (Å²) in [4.78, 5) is 28.2. The van der Waals surface area contributed by atoms with Crippen LogP contribution in [-0.2, 0) is 9.53 Å². The largest absolute Gasteiger partial charge is 0.444 e. The van der Waals surface area contributed by atoms with Crippen molar-refractivity contribution >= 4 is 40.3 Å². The van der Waals surface area contributed by atoms with Crippen LogP contribution in [0, 0.1) is 3.57 Å². The van der Waals surface area contributed by atoms with Gasteiger partial charge in [0.05, 0.1) is 6.54 Å². The van der Waals surface area contributed by atoms with Crippen LogP contribution in [-0.4, -0.2) is 59.6 Å². The number of nitrogens with one attached hydrogen (secondary N) is 1. The number of ether oxygens (including phenoxy) is 1. The standard InChI is InChI=1S/C18H26IN3O3/c1-13-11-22(17(24)25-18(2,3)4)10-9-21(13)12-16(23)20-15-7-5-14(19)6-8-15/h5-8,13H,9-12H2,1-4H3,(H,20,23)/t13-/m1/s1. The van der Waals surface area contributed by atoms with E-state index in [9.17, 15) is 9.59 Å². The van der Waals surface area contributed by atoms with Crippen LogP contribution in [0.15, 0.2) is 24.3 Å². The summed E-state index contributed by atoms with van der Waals surface area (Å²) in [7, 11) is 0. The van der Waals surface area contributed by atoms with Gasteiger partial charge in [0.25, 0.3) is 0 Å². The number of anilines is 1. The maximum absolute atomic E-state index is 12.3. The molecule has 1 atom stereocenters. The second-order valence-electron chi connectivity index (χ2n) is 7.30. The Balaban J connectivity index is 1.83. The fraction of sp³-hybridized carbons (Fsp3) is 0.556. The molecule has 1 aromatic rings. The maximum Gasteiger partial charge on any atom is 0.410 e. The van der Waals surface area contributed by atoms with Crippen molar-refractivity contribution in [2.24, 2.45) is 0 Å². The van der Waals surface area contributed by atoms with Gasteiger partial charge in [0.15, 0.2) is 0 Å². The third-order valence-corrected chi connectivity index (χ3v) is 4.61. The summed E-state index contributed by atoms with van der Waals surface area (Å²) in [6.07, 6.45) is -0.289. The Labute approximate surface area is 163 Å². The minimum absolute atomic E-state index is 0.0428. The summed E-state index contributed by atoms with van der Waals surface area (Å²) in [6, 6.07) is 7.80. The van der Waals surface area contributed by atoms with Crippen molar-refractivity contribution in [1.29, 1.82) is 0 Å². The lowest BCUT2D eigenvalue weighted by atomic mass is 10.2. The maximum atomic E-state index is 12.3. The molecule has 2 rings (SSSR count). The van der Waals surface area contributed by atoms with Gasteiger partial charge in [-0.25, -0.2) is 4.79 Å². The highest BCUT2D eigenvalue weighted by Crippen LogP contribution is 2.15. The van der Waals surface area contributed by atoms with Crippen molar-refractivity contribution in [3.05, 3.63) is 27.8 Å². The minimum atomic E-state index is -0.495. The third kappa shape index (κ3) is 6.47. The van der Waals surface area contributed by atoms with E-state index in [1.165, 1.54) is 0 Å². The van der Waals surface area contributed by atoms with Crippen molar-refractivity contribution in [2.75, 3.05) is 31.5 Å². The molecule has 0 spiro atoms. The molecule has 1 heterocycles. The smallest absolute Gasteiger partial charge is 0.410 e. The van der Waals surface area contributed by atoms with Crippen LogP contribution in [0.25, 0.3) is 0 Å². The lowest BCUT2D eigenvalue weighted by Crippen LogP contribution is -2.55. The first kappa shape index (κ1) is 20.0. The van der Waals surface area contributed by atoms with E-state index in [2.05, 4.69) is 32.8 Å². The van der Waals surface area contributed by atoms with Crippen LogP contribution < -0.4 is 5.32 Å². The SMILES string of the molecule is C[C@@H]1CN(C(=O)OC(C)(C)C)CCN1CC(=O)Nc1ccc(I)cc1. The summed E-state index contributed by atoms with van der Waals surface area (Å²) >= 11 is 2.23. The van der Waals surface area contributed by atoms with Gasteiger partial charge < -0.3 is 15.0 Å². The summed E-state index contributed by atoms with van der Waals surface area (Å²) in [5, 5.41) is 2.91. The number of rotatable bonds is 3. The Kier molecular flexibility index (Phi) is 6.67. The molecule has 0 aliphatic carbocycles. The topological polar surface area (TPSA) is 61.9 Å². The van der Waals surface area contributed by atoms with Gasteiger partial charge in [-0.3, -0.25) is 9.69 Å². The van der Waals surface area contributed by atoms with Crippen LogP contribution in [0.4, 0.5) is 10.5 Å². The second kappa shape index (κ2) is 8.35. The molecule has 25 heavy (non-hydrogen) atoms. The van der Waals surface area contributed by atoms with E-state index in [0.717, 1.165) is 9.26 Å². The van der Waals surface area contributed by atoms with E-state index in [1.807, 2.05) is 52.0 Å². The fourth-order valence-corrected chi connectivity index (χ4v) is 3.00. The molecule has 2 amide bonds. The number of benzene rings is 1. The number of carbonyl (C=O) groups is 2. The Morgan fingerprint density at radius 2 is 1.88 bits per heavy atom. The number of amides is 2. The lowest BCUT2D eigenvalue weighted by Gasteiger charge is -2.39. The molecule has 0 aromatic heterocycles. The van der Waals surface area contributed by atoms with Gasteiger partial charge in [0.1, 0.15) is 5.60 Å². The van der Waals surface area contributed by atoms with Crippen LogP contribution in [0.2, 0.25) is 0 Å². The van der Waals surface area contributed by atoms with Crippen LogP contribution in [0.5, 0.6) is 0 Å². The van der Waals surface area contributed by atoms with Crippen molar-refractivity contribution < 1.29 is 14.3 Å². The number of carbonyl (C=O) groups excluding carboxylic acids is 2. The molecule has 138 valence electrons. The summed E-state index contributed by atoms with van der Waals surface area (Å²) in [6.45, 7) is 9.70. The van der Waals surface area contributed by atoms with Crippen LogP contribution >= 0.6 is 22.6 Å². The minimum Gasteiger partial charge on any atom is -0.444 e. The van der Waals surface area contributed by atoms with Gasteiger partial charge >= 0.3 is 6.09 Å². The first-order chi connectivity index (χ1) is 11.6. The van der Waals surface area contributed by atoms with E-state index in [4.69, 9.17) is 4.74 Å². The van der Waals surface area contributed by atoms with Crippen molar-refractivity contribution in [2.45, 2.75) is 39.3 Å². The van der Waals surface area contributed by atoms with Gasteiger partial charge in [-0.2, -0.15) is 0 Å². The van der Waals surface area contributed by atoms with Gasteiger partial charge in [-0.1, -0.05) is 0 Å². The average molecular weight is 459 g/mol. The highest BCUT2D eigenvalue weighted by atomic mass is 127. The molecular weight excluding hydrogens is 433 g/mol. The molecule has 0 bridgehead atoms. The molecular formula is C18H26IN3O3. The molecule has 1 fully saturated rings. The fourth-order valence-electron chi connectivity index (χ4n) is 2.64. The summed E-state index contributed by atoms with van der Waals surface area (Å²) in [5.41, 5.74) is 0.302. The van der Waals surface area contributed by atoms with E-state index in [-0.39, 0.29) is 18.0 Å². The number of hydrogen-bond acceptors (Lipinski definition) is 4. The molecule has 7 heteroatoms. The Bertz CT molecular complexity index is 613. The zero-order valence-corrected chi connectivity index (χ0v) is 17.4. The van der Waals surface area contributed by atoms with Gasteiger partial charge in [-0.05, 0) is 74.6 Å². The van der Waals surface area contributed by atoms with Gasteiger partial charge in [0.2, 0.25) is 5.91 Å². The van der Waals surface area contributed by atoms with E-state index in [1.54, 1.807) is 4.90 Å². The van der Waals surface area contributed by atoms with Gasteiger partial charge in [-0.15, -0.1) is 0 Å². The second-order valence-corrected chi connectivity index (χ2v) is 8.55. The van der Waals surface area contributed by atoms with Crippen LogP contribution in [0.1, 0.15) is 27.7 Å². The number of halogens is 1. The molecule has 1 aliphatic heterocycles. The Morgan fingerprint density at radius 1 is 1.24 bits per heavy atom. The molecule has 0 unspecified atom stereocenters. The predicted molar refractivity (Wildman–Crippen MR) is 107 cm³/mol. The highest BCUT2D eigenvalue weighted by Gasteiger charge is 2.30. The quantitative estimate of drug-likeness (QED) is 0.706. The molecule has 6 nitrogen and oxygen atoms in total. The molecule has 1 aromatic carbocycles. The lowest BCUT2D eigenvalue weighted by molar-refractivity contribution is -0.118. The zero-order chi connectivity index (χ0) is 18.6. The number of piperazine rings is 1. The van der Waals surface area contributed by atoms with Crippen molar-refractivity contribution in [3.8, 4) is 0 Å². The Hall–Kier alpha value is -1.35. The first-order valence-corrected chi connectivity index (χ1v) is 9.49. The van der Waals surface area contributed by atoms with Gasteiger partial charge in [0, 0.05) is 34.9 Å². The van der Waals surface area contributed by atoms with E-state index < -0.39 is 5.60 Å².